The van der Waals surface area contributed by atoms with E-state index in [4.69, 9.17) is 0 Å². The minimum atomic E-state index is 0.989. The van der Waals surface area contributed by atoms with Crippen LogP contribution in [0, 0.1) is 0 Å². The lowest BCUT2D eigenvalue weighted by atomic mass is 10.1. The summed E-state index contributed by atoms with van der Waals surface area (Å²) in [5, 5.41) is 3.36. The molecule has 0 spiro atoms. The molecule has 0 unspecified atom stereocenters. The number of rotatable bonds is 0. The highest BCUT2D eigenvalue weighted by atomic mass is 14.9. The minimum absolute atomic E-state index is 0.989. The number of nitrogens with one attached hydrogen (secondary N) is 1. The van der Waals surface area contributed by atoms with Crippen molar-refractivity contribution >= 4 is 5.71 Å². The van der Waals surface area contributed by atoms with Gasteiger partial charge in [0.2, 0.25) is 0 Å². The number of nitrogens with zero attached hydrogens (tertiary/aromatic N) is 1. The molecule has 1 N–H and O–H groups in total. The molecule has 0 bridgehead atoms. The highest BCUT2D eigenvalue weighted by molar-refractivity contribution is 6.00. The van der Waals surface area contributed by atoms with E-state index >= 15 is 0 Å². The van der Waals surface area contributed by atoms with Crippen LogP contribution >= 0.6 is 0 Å². The lowest BCUT2D eigenvalue weighted by molar-refractivity contribution is 0.725. The Balaban J connectivity index is 2.71. The normalized spacial score (nSPS) is 27.5. The molecule has 62 valence electrons. The average molecular weight is 152 g/mol. The van der Waals surface area contributed by atoms with E-state index < -0.39 is 0 Å². The zero-order valence-electron chi connectivity index (χ0n) is 7.35. The number of hydrogen-bond donors (Lipinski definition) is 1. The largest absolute Gasteiger partial charge is 0.313 e. The van der Waals surface area contributed by atoms with Crippen LogP contribution in [0.25, 0.3) is 0 Å². The molecule has 1 heterocycles. The molecule has 11 heavy (non-hydrogen) atoms. The van der Waals surface area contributed by atoms with Crippen LogP contribution in [0.5, 0.6) is 0 Å². The Bertz CT molecular complexity index is 160. The third kappa shape index (κ3) is 2.15. The molecule has 1 fully saturated rings. The van der Waals surface area contributed by atoms with E-state index in [1.807, 2.05) is 7.05 Å². The summed E-state index contributed by atoms with van der Waals surface area (Å²) in [6.45, 7) is 4.19. The van der Waals surface area contributed by atoms with E-state index in [1.54, 1.807) is 0 Å². The molecular formula is C9H16N2. The Morgan fingerprint density at radius 3 is 3.00 bits per heavy atom. The number of hydrogen-bond acceptors (Lipinski definition) is 2. The van der Waals surface area contributed by atoms with Crippen LogP contribution in [0.4, 0.5) is 0 Å². The smallest absolute Gasteiger partial charge is 0.0386 e. The van der Waals surface area contributed by atoms with Crippen molar-refractivity contribution in [2.45, 2.75) is 19.8 Å². The van der Waals surface area contributed by atoms with Gasteiger partial charge in [0.25, 0.3) is 0 Å². The van der Waals surface area contributed by atoms with Gasteiger partial charge in [0.1, 0.15) is 0 Å². The molecule has 1 aliphatic rings. The van der Waals surface area contributed by atoms with Crippen LogP contribution in [0.1, 0.15) is 19.8 Å². The molecule has 2 heteroatoms. The molecule has 1 aliphatic heterocycles. The van der Waals surface area contributed by atoms with E-state index in [-0.39, 0.29) is 0 Å². The predicted octanol–water partition coefficient (Wildman–Crippen LogP) is 1.39. The first kappa shape index (κ1) is 8.47. The summed E-state index contributed by atoms with van der Waals surface area (Å²) in [5.41, 5.74) is 2.64. The van der Waals surface area contributed by atoms with Crippen LogP contribution in [0.3, 0.4) is 0 Å². The first-order valence-electron chi connectivity index (χ1n) is 4.20. The second-order valence-electron chi connectivity index (χ2n) is 2.76. The van der Waals surface area contributed by atoms with Gasteiger partial charge in [-0.2, -0.15) is 0 Å². The molecule has 0 atom stereocenters. The monoisotopic (exact) mass is 152 g/mol. The predicted molar refractivity (Wildman–Crippen MR) is 49.2 cm³/mol. The fraction of sp³-hybridized carbons (Fsp3) is 0.667. The molecule has 0 aromatic rings. The highest BCUT2D eigenvalue weighted by Gasteiger charge is 2.08. The molecule has 0 radical (unpaired) electrons. The van der Waals surface area contributed by atoms with E-state index in [2.05, 4.69) is 23.3 Å². The molecule has 1 rings (SSSR count). The van der Waals surface area contributed by atoms with Crippen molar-refractivity contribution in [3.05, 3.63) is 11.6 Å². The Morgan fingerprint density at radius 2 is 2.36 bits per heavy atom. The van der Waals surface area contributed by atoms with Gasteiger partial charge in [-0.1, -0.05) is 6.08 Å². The van der Waals surface area contributed by atoms with Crippen molar-refractivity contribution in [1.29, 1.82) is 0 Å². The standard InChI is InChI=1S/C9H16N2/c1-3-8-7-11-6-4-5-9(8)10-2/h3,11H,4-7H2,1-2H3/b8-3-,10-9-. The topological polar surface area (TPSA) is 24.4 Å². The lowest BCUT2D eigenvalue weighted by Crippen LogP contribution is -2.16. The molecule has 0 aliphatic carbocycles. The quantitative estimate of drug-likeness (QED) is 0.557. The number of aliphatic imine (C=N–C) groups is 1. The Hall–Kier alpha value is -0.630. The number of allylic oxidation sites excluding steroid dienone is 1. The lowest BCUT2D eigenvalue weighted by Gasteiger charge is -2.03. The maximum atomic E-state index is 4.27. The summed E-state index contributed by atoms with van der Waals surface area (Å²) in [5.74, 6) is 0. The first-order chi connectivity index (χ1) is 5.38. The minimum Gasteiger partial charge on any atom is -0.313 e. The van der Waals surface area contributed by atoms with Gasteiger partial charge in [-0.25, -0.2) is 0 Å². The molecule has 0 aromatic carbocycles. The van der Waals surface area contributed by atoms with Crippen LogP contribution < -0.4 is 5.32 Å². The SMILES string of the molecule is C/C=C1/CNCCC/C1=N/C. The van der Waals surface area contributed by atoms with Crippen LogP contribution in [-0.2, 0) is 0 Å². The highest BCUT2D eigenvalue weighted by Crippen LogP contribution is 2.07. The molecule has 0 amide bonds. The molecule has 0 saturated carbocycles. The van der Waals surface area contributed by atoms with Crippen LogP contribution in [-0.4, -0.2) is 25.8 Å². The maximum Gasteiger partial charge on any atom is 0.0386 e. The fourth-order valence-corrected chi connectivity index (χ4v) is 1.39. The van der Waals surface area contributed by atoms with Crippen molar-refractivity contribution < 1.29 is 0 Å². The average Bonchev–Trinajstić information content (AvgIpc) is 2.27. The molecule has 2 nitrogen and oxygen atoms in total. The van der Waals surface area contributed by atoms with Gasteiger partial charge >= 0.3 is 0 Å². The van der Waals surface area contributed by atoms with Crippen LogP contribution in [0.2, 0.25) is 0 Å². The fourth-order valence-electron chi connectivity index (χ4n) is 1.39. The first-order valence-corrected chi connectivity index (χ1v) is 4.20. The van der Waals surface area contributed by atoms with E-state index in [0.717, 1.165) is 19.5 Å². The van der Waals surface area contributed by atoms with Gasteiger partial charge in [0.05, 0.1) is 0 Å². The summed E-state index contributed by atoms with van der Waals surface area (Å²) in [4.78, 5) is 4.27. The third-order valence-electron chi connectivity index (χ3n) is 2.07. The van der Waals surface area contributed by atoms with Gasteiger partial charge in [-0.05, 0) is 31.9 Å². The van der Waals surface area contributed by atoms with E-state index in [0.29, 0.717) is 0 Å². The van der Waals surface area contributed by atoms with Crippen molar-refractivity contribution in [2.24, 2.45) is 4.99 Å². The van der Waals surface area contributed by atoms with E-state index in [9.17, 15) is 0 Å². The summed E-state index contributed by atoms with van der Waals surface area (Å²) in [6, 6.07) is 0. The molecule has 0 aromatic heterocycles. The second kappa shape index (κ2) is 4.29. The second-order valence-corrected chi connectivity index (χ2v) is 2.76. The third-order valence-corrected chi connectivity index (χ3v) is 2.07. The summed E-state index contributed by atoms with van der Waals surface area (Å²) in [6.07, 6.45) is 4.49. The van der Waals surface area contributed by atoms with Gasteiger partial charge in [0.15, 0.2) is 0 Å². The van der Waals surface area contributed by atoms with Crippen molar-refractivity contribution in [1.82, 2.24) is 5.32 Å². The summed E-state index contributed by atoms with van der Waals surface area (Å²) >= 11 is 0. The van der Waals surface area contributed by atoms with E-state index in [1.165, 1.54) is 17.7 Å². The molecular weight excluding hydrogens is 136 g/mol. The summed E-state index contributed by atoms with van der Waals surface area (Å²) in [7, 11) is 1.88. The van der Waals surface area contributed by atoms with Crippen molar-refractivity contribution in [2.75, 3.05) is 20.1 Å². The van der Waals surface area contributed by atoms with Gasteiger partial charge in [-0.3, -0.25) is 4.99 Å². The van der Waals surface area contributed by atoms with Gasteiger partial charge in [-0.15, -0.1) is 0 Å². The van der Waals surface area contributed by atoms with Gasteiger partial charge < -0.3 is 5.32 Å². The summed E-state index contributed by atoms with van der Waals surface area (Å²) < 4.78 is 0. The Kier molecular flexibility index (Phi) is 3.30. The van der Waals surface area contributed by atoms with Crippen molar-refractivity contribution in [3.8, 4) is 0 Å². The zero-order valence-corrected chi connectivity index (χ0v) is 7.35. The zero-order chi connectivity index (χ0) is 8.10. The maximum absolute atomic E-state index is 4.27. The van der Waals surface area contributed by atoms with Gasteiger partial charge in [0, 0.05) is 19.3 Å². The Labute approximate surface area is 68.4 Å². The molecule has 1 saturated heterocycles. The van der Waals surface area contributed by atoms with Crippen LogP contribution in [0.15, 0.2) is 16.6 Å². The Morgan fingerprint density at radius 1 is 1.55 bits per heavy atom. The van der Waals surface area contributed by atoms with Crippen molar-refractivity contribution in [3.63, 3.8) is 0 Å².